The van der Waals surface area contributed by atoms with Gasteiger partial charge in [0.15, 0.2) is 0 Å². The third-order valence-electron chi connectivity index (χ3n) is 9.79. The Morgan fingerprint density at radius 2 is 1.12 bits per heavy atom. The van der Waals surface area contributed by atoms with Crippen LogP contribution in [0.1, 0.15) is 67.1 Å². The number of fused-ring (bicyclic) bond motifs is 4. The molecule has 0 N–H and O–H groups in total. The summed E-state index contributed by atoms with van der Waals surface area (Å²) in [7, 11) is 0. The number of allylic oxidation sites excluding steroid dienone is 1. The predicted octanol–water partition coefficient (Wildman–Crippen LogP) is 7.59. The van der Waals surface area contributed by atoms with Gasteiger partial charge >= 0.3 is 0 Å². The van der Waals surface area contributed by atoms with Gasteiger partial charge < -0.3 is 0 Å². The van der Waals surface area contributed by atoms with Crippen molar-refractivity contribution in [1.82, 2.24) is 0 Å². The molecule has 0 saturated carbocycles. The normalized spacial score (nSPS) is 15.2. The number of hydrogen-bond acceptors (Lipinski definition) is 1. The molecule has 210 valence electrons. The molecular formula is C41H38BN. The predicted molar refractivity (Wildman–Crippen MR) is 185 cm³/mol. The van der Waals surface area contributed by atoms with Gasteiger partial charge in [0, 0.05) is 22.7 Å². The van der Waals surface area contributed by atoms with E-state index >= 15 is 0 Å². The van der Waals surface area contributed by atoms with Gasteiger partial charge in [0.2, 0.25) is 6.71 Å². The van der Waals surface area contributed by atoms with Gasteiger partial charge in [0.1, 0.15) is 0 Å². The smallest absolute Gasteiger partial charge is 0.243 e. The molecule has 2 aliphatic rings. The van der Waals surface area contributed by atoms with E-state index < -0.39 is 0 Å². The Bertz CT molecular complexity index is 1860. The highest BCUT2D eigenvalue weighted by molar-refractivity contribution is 6.97. The summed E-state index contributed by atoms with van der Waals surface area (Å²) in [6.07, 6.45) is 3.31. The highest BCUT2D eigenvalue weighted by atomic mass is 14.8. The second-order valence-corrected chi connectivity index (χ2v) is 12.6. The summed E-state index contributed by atoms with van der Waals surface area (Å²) >= 11 is 0. The van der Waals surface area contributed by atoms with Crippen LogP contribution in [0.5, 0.6) is 0 Å². The fourth-order valence-corrected chi connectivity index (χ4v) is 7.82. The van der Waals surface area contributed by atoms with Crippen LogP contribution in [-0.2, 0) is 6.42 Å². The summed E-state index contributed by atoms with van der Waals surface area (Å²) in [5, 5.41) is 0. The maximum atomic E-state index is 5.42. The van der Waals surface area contributed by atoms with Crippen LogP contribution < -0.4 is 16.4 Å². The Kier molecular flexibility index (Phi) is 6.81. The topological polar surface area (TPSA) is 12.4 Å². The van der Waals surface area contributed by atoms with Crippen molar-refractivity contribution in [3.8, 4) is 0 Å². The van der Waals surface area contributed by atoms with Gasteiger partial charge in [0.25, 0.3) is 0 Å². The van der Waals surface area contributed by atoms with Crippen LogP contribution in [0.3, 0.4) is 0 Å². The van der Waals surface area contributed by atoms with Crippen molar-refractivity contribution >= 4 is 34.9 Å². The summed E-state index contributed by atoms with van der Waals surface area (Å²) in [5.74, 6) is 0.300. The number of aryl methyl sites for hydroxylation is 6. The first-order chi connectivity index (χ1) is 20.8. The Balaban J connectivity index is 1.43. The number of hydrogen-bond donors (Lipinski definition) is 0. The summed E-state index contributed by atoms with van der Waals surface area (Å²) < 4.78 is 0. The zero-order valence-corrected chi connectivity index (χ0v) is 26.1. The quantitative estimate of drug-likeness (QED) is 0.203. The first-order valence-corrected chi connectivity index (χ1v) is 15.5. The first-order valence-electron chi connectivity index (χ1n) is 15.5. The van der Waals surface area contributed by atoms with Gasteiger partial charge in [-0.3, -0.25) is 4.99 Å². The van der Waals surface area contributed by atoms with E-state index in [1.54, 1.807) is 0 Å². The maximum absolute atomic E-state index is 5.42. The van der Waals surface area contributed by atoms with Crippen molar-refractivity contribution in [2.45, 2.75) is 53.9 Å². The Hall–Kier alpha value is -4.43. The highest BCUT2D eigenvalue weighted by Crippen LogP contribution is 2.41. The molecule has 5 aromatic carbocycles. The third-order valence-corrected chi connectivity index (χ3v) is 9.79. The lowest BCUT2D eigenvalue weighted by atomic mass is 9.33. The highest BCUT2D eigenvalue weighted by Gasteiger charge is 2.33. The SMILES string of the molecule is Cc1cccc(C)c1B(c1c(C)cccc1C)c1c(C)cc(C2=NC3=Cc4ccccc4CC3c3ccccc32)cc1C. The third kappa shape index (κ3) is 4.61. The van der Waals surface area contributed by atoms with E-state index in [0.29, 0.717) is 5.92 Å². The summed E-state index contributed by atoms with van der Waals surface area (Å²) in [5.41, 5.74) is 21.1. The van der Waals surface area contributed by atoms with Crippen LogP contribution >= 0.6 is 0 Å². The molecule has 0 aromatic heterocycles. The average Bonchev–Trinajstić information content (AvgIpc) is 2.99. The van der Waals surface area contributed by atoms with Crippen LogP contribution in [0, 0.1) is 41.5 Å². The first kappa shape index (κ1) is 27.4. The Morgan fingerprint density at radius 1 is 0.581 bits per heavy atom. The zero-order valence-electron chi connectivity index (χ0n) is 26.1. The van der Waals surface area contributed by atoms with E-state index in [0.717, 1.165) is 12.1 Å². The van der Waals surface area contributed by atoms with Crippen LogP contribution in [0.15, 0.2) is 108 Å². The monoisotopic (exact) mass is 555 g/mol. The maximum Gasteiger partial charge on any atom is 0.243 e. The molecule has 2 heteroatoms. The van der Waals surface area contributed by atoms with Crippen LogP contribution in [0.25, 0.3) is 6.08 Å². The zero-order chi connectivity index (χ0) is 29.8. The van der Waals surface area contributed by atoms with Crippen molar-refractivity contribution in [3.63, 3.8) is 0 Å². The van der Waals surface area contributed by atoms with Crippen molar-refractivity contribution < 1.29 is 0 Å². The molecule has 0 saturated heterocycles. The van der Waals surface area contributed by atoms with Crippen molar-refractivity contribution in [2.75, 3.05) is 0 Å². The number of aliphatic imine (C=N–C) groups is 1. The van der Waals surface area contributed by atoms with Gasteiger partial charge in [-0.1, -0.05) is 147 Å². The molecule has 0 fully saturated rings. The standard InChI is InChI=1S/C41H38BN/c1-25-13-11-14-26(2)38(25)42(39-27(3)15-12-16-28(39)4)40-29(5)21-33(22-30(40)6)41-35-20-10-9-19-34(35)36-23-31-17-7-8-18-32(31)24-37(36)43-41/h7-22,24,36H,23H2,1-6H3. The summed E-state index contributed by atoms with van der Waals surface area (Å²) in [4.78, 5) is 5.42. The largest absolute Gasteiger partial charge is 0.252 e. The second-order valence-electron chi connectivity index (χ2n) is 12.6. The number of nitrogens with zero attached hydrogens (tertiary/aromatic N) is 1. The minimum atomic E-state index is 0.166. The molecule has 1 nitrogen and oxygen atoms in total. The van der Waals surface area contributed by atoms with Crippen LogP contribution in [0.4, 0.5) is 0 Å². The lowest BCUT2D eigenvalue weighted by molar-refractivity contribution is 0.758. The van der Waals surface area contributed by atoms with E-state index in [9.17, 15) is 0 Å². The summed E-state index contributed by atoms with van der Waals surface area (Å²) in [6.45, 7) is 13.8. The van der Waals surface area contributed by atoms with Crippen molar-refractivity contribution in [2.24, 2.45) is 4.99 Å². The molecular weight excluding hydrogens is 517 g/mol. The lowest BCUT2D eigenvalue weighted by Gasteiger charge is -2.31. The minimum absolute atomic E-state index is 0.166. The molecule has 1 aliphatic carbocycles. The molecule has 0 amide bonds. The van der Waals surface area contributed by atoms with Gasteiger partial charge in [0.05, 0.1) is 5.71 Å². The fourth-order valence-electron chi connectivity index (χ4n) is 7.82. The minimum Gasteiger partial charge on any atom is -0.252 e. The fraction of sp³-hybridized carbons (Fsp3) is 0.195. The van der Waals surface area contributed by atoms with Crippen LogP contribution in [-0.4, -0.2) is 12.4 Å². The second kappa shape index (κ2) is 10.7. The molecule has 43 heavy (non-hydrogen) atoms. The molecule has 1 unspecified atom stereocenters. The molecule has 1 heterocycles. The van der Waals surface area contributed by atoms with E-state index in [-0.39, 0.29) is 6.71 Å². The van der Waals surface area contributed by atoms with Crippen LogP contribution in [0.2, 0.25) is 0 Å². The van der Waals surface area contributed by atoms with E-state index in [1.807, 2.05) is 0 Å². The van der Waals surface area contributed by atoms with Crippen molar-refractivity contribution in [1.29, 1.82) is 0 Å². The van der Waals surface area contributed by atoms with Gasteiger partial charge in [-0.05, 0) is 70.7 Å². The Labute approximate surface area is 257 Å². The van der Waals surface area contributed by atoms with E-state index in [2.05, 4.69) is 145 Å². The number of rotatable bonds is 4. The molecule has 0 spiro atoms. The van der Waals surface area contributed by atoms with Gasteiger partial charge in [-0.2, -0.15) is 0 Å². The molecule has 1 aliphatic heterocycles. The molecule has 7 rings (SSSR count). The van der Waals surface area contributed by atoms with E-state index in [1.165, 1.54) is 83.3 Å². The lowest BCUT2D eigenvalue weighted by Crippen LogP contribution is -2.57. The molecule has 0 radical (unpaired) electrons. The Morgan fingerprint density at radius 3 is 1.74 bits per heavy atom. The van der Waals surface area contributed by atoms with E-state index in [4.69, 9.17) is 4.99 Å². The molecule has 5 aromatic rings. The molecule has 1 atom stereocenters. The summed E-state index contributed by atoms with van der Waals surface area (Å²) in [6, 6.07) is 35.9. The van der Waals surface area contributed by atoms with Crippen molar-refractivity contribution in [3.05, 3.63) is 164 Å². The molecule has 0 bridgehead atoms. The average molecular weight is 556 g/mol. The number of benzene rings is 5. The van der Waals surface area contributed by atoms with Gasteiger partial charge in [-0.15, -0.1) is 0 Å². The van der Waals surface area contributed by atoms with Gasteiger partial charge in [-0.25, -0.2) is 0 Å².